The number of rotatable bonds is 13. The SMILES string of the molecule is CCCCOCCNC(=O)CCC(CCC)CCN. The molecule has 0 aliphatic carbocycles. The van der Waals surface area contributed by atoms with Gasteiger partial charge in [0.1, 0.15) is 0 Å². The molecule has 114 valence electrons. The minimum absolute atomic E-state index is 0.136. The Hall–Kier alpha value is -0.610. The maximum atomic E-state index is 11.6. The Labute approximate surface area is 118 Å². The molecule has 0 saturated carbocycles. The van der Waals surface area contributed by atoms with Crippen LogP contribution in [0.2, 0.25) is 0 Å². The van der Waals surface area contributed by atoms with Crippen LogP contribution < -0.4 is 11.1 Å². The second-order valence-corrected chi connectivity index (χ2v) is 5.09. The van der Waals surface area contributed by atoms with E-state index in [9.17, 15) is 4.79 Å². The van der Waals surface area contributed by atoms with E-state index in [-0.39, 0.29) is 5.91 Å². The molecule has 1 atom stereocenters. The fourth-order valence-electron chi connectivity index (χ4n) is 2.11. The van der Waals surface area contributed by atoms with Gasteiger partial charge in [-0.05, 0) is 31.7 Å². The molecule has 0 aromatic carbocycles. The molecule has 4 nitrogen and oxygen atoms in total. The number of hydrogen-bond donors (Lipinski definition) is 2. The van der Waals surface area contributed by atoms with Crippen LogP contribution in [-0.4, -0.2) is 32.2 Å². The number of ether oxygens (including phenoxy) is 1. The molecule has 0 radical (unpaired) electrons. The van der Waals surface area contributed by atoms with E-state index in [4.69, 9.17) is 10.5 Å². The number of amides is 1. The fraction of sp³-hybridized carbons (Fsp3) is 0.933. The summed E-state index contributed by atoms with van der Waals surface area (Å²) < 4.78 is 5.40. The average Bonchev–Trinajstić information content (AvgIpc) is 2.40. The van der Waals surface area contributed by atoms with E-state index in [1.165, 1.54) is 6.42 Å². The van der Waals surface area contributed by atoms with Crippen molar-refractivity contribution in [1.29, 1.82) is 0 Å². The maximum absolute atomic E-state index is 11.6. The van der Waals surface area contributed by atoms with Crippen molar-refractivity contribution in [3.63, 3.8) is 0 Å². The van der Waals surface area contributed by atoms with E-state index < -0.39 is 0 Å². The molecule has 0 spiro atoms. The lowest BCUT2D eigenvalue weighted by molar-refractivity contribution is -0.121. The van der Waals surface area contributed by atoms with Crippen LogP contribution in [-0.2, 0) is 9.53 Å². The highest BCUT2D eigenvalue weighted by Gasteiger charge is 2.09. The number of unbranched alkanes of at least 4 members (excludes halogenated alkanes) is 1. The van der Waals surface area contributed by atoms with Crippen molar-refractivity contribution in [2.75, 3.05) is 26.3 Å². The zero-order valence-corrected chi connectivity index (χ0v) is 12.7. The Kier molecular flexibility index (Phi) is 13.4. The third kappa shape index (κ3) is 12.2. The fourth-order valence-corrected chi connectivity index (χ4v) is 2.11. The van der Waals surface area contributed by atoms with Gasteiger partial charge in [0.25, 0.3) is 0 Å². The van der Waals surface area contributed by atoms with E-state index in [1.807, 2.05) is 0 Å². The second-order valence-electron chi connectivity index (χ2n) is 5.09. The minimum atomic E-state index is 0.136. The minimum Gasteiger partial charge on any atom is -0.380 e. The predicted octanol–water partition coefficient (Wildman–Crippen LogP) is 2.46. The van der Waals surface area contributed by atoms with Crippen molar-refractivity contribution in [2.24, 2.45) is 11.7 Å². The molecule has 0 aliphatic rings. The second kappa shape index (κ2) is 13.8. The molecule has 0 aliphatic heterocycles. The predicted molar refractivity (Wildman–Crippen MR) is 80.0 cm³/mol. The van der Waals surface area contributed by atoms with Crippen molar-refractivity contribution in [3.05, 3.63) is 0 Å². The smallest absolute Gasteiger partial charge is 0.220 e. The molecule has 0 saturated heterocycles. The molecule has 0 heterocycles. The van der Waals surface area contributed by atoms with Gasteiger partial charge in [0.05, 0.1) is 6.61 Å². The summed E-state index contributed by atoms with van der Waals surface area (Å²) in [6.07, 6.45) is 7.16. The lowest BCUT2D eigenvalue weighted by atomic mass is 9.94. The quantitative estimate of drug-likeness (QED) is 0.506. The first-order valence-electron chi connectivity index (χ1n) is 7.79. The topological polar surface area (TPSA) is 64.3 Å². The van der Waals surface area contributed by atoms with E-state index in [1.54, 1.807) is 0 Å². The molecule has 0 rings (SSSR count). The highest BCUT2D eigenvalue weighted by Crippen LogP contribution is 2.16. The third-order valence-corrected chi connectivity index (χ3v) is 3.26. The monoisotopic (exact) mass is 272 g/mol. The maximum Gasteiger partial charge on any atom is 0.220 e. The van der Waals surface area contributed by atoms with Crippen molar-refractivity contribution < 1.29 is 9.53 Å². The van der Waals surface area contributed by atoms with E-state index in [0.717, 1.165) is 45.3 Å². The number of hydrogen-bond acceptors (Lipinski definition) is 3. The number of carbonyl (C=O) groups is 1. The highest BCUT2D eigenvalue weighted by atomic mass is 16.5. The van der Waals surface area contributed by atoms with Gasteiger partial charge in [0.2, 0.25) is 5.91 Å². The van der Waals surface area contributed by atoms with Gasteiger partial charge in [-0.2, -0.15) is 0 Å². The largest absolute Gasteiger partial charge is 0.380 e. The van der Waals surface area contributed by atoms with E-state index in [0.29, 0.717) is 25.5 Å². The summed E-state index contributed by atoms with van der Waals surface area (Å²) in [5.41, 5.74) is 5.59. The van der Waals surface area contributed by atoms with Gasteiger partial charge in [-0.15, -0.1) is 0 Å². The van der Waals surface area contributed by atoms with Crippen molar-refractivity contribution in [1.82, 2.24) is 5.32 Å². The zero-order chi connectivity index (χ0) is 14.3. The standard InChI is InChI=1S/C15H32N2O2/c1-3-5-12-19-13-11-17-15(18)8-7-14(6-4-2)9-10-16/h14H,3-13,16H2,1-2H3,(H,17,18). The Morgan fingerprint density at radius 1 is 1.16 bits per heavy atom. The summed E-state index contributed by atoms with van der Waals surface area (Å²) in [5, 5.41) is 2.90. The third-order valence-electron chi connectivity index (χ3n) is 3.26. The normalized spacial score (nSPS) is 12.4. The Morgan fingerprint density at radius 2 is 1.95 bits per heavy atom. The van der Waals surface area contributed by atoms with Crippen LogP contribution in [0.15, 0.2) is 0 Å². The molecule has 0 fully saturated rings. The van der Waals surface area contributed by atoms with Crippen molar-refractivity contribution in [2.45, 2.75) is 58.8 Å². The van der Waals surface area contributed by atoms with E-state index in [2.05, 4.69) is 19.2 Å². The first kappa shape index (κ1) is 18.4. The van der Waals surface area contributed by atoms with Crippen molar-refractivity contribution >= 4 is 5.91 Å². The molecule has 1 unspecified atom stereocenters. The highest BCUT2D eigenvalue weighted by molar-refractivity contribution is 5.75. The average molecular weight is 272 g/mol. The summed E-state index contributed by atoms with van der Waals surface area (Å²) in [7, 11) is 0. The number of carbonyl (C=O) groups excluding carboxylic acids is 1. The van der Waals surface area contributed by atoms with Gasteiger partial charge in [-0.3, -0.25) is 4.79 Å². The summed E-state index contributed by atoms with van der Waals surface area (Å²) >= 11 is 0. The van der Waals surface area contributed by atoms with Gasteiger partial charge < -0.3 is 15.8 Å². The first-order chi connectivity index (χ1) is 9.24. The Bertz CT molecular complexity index is 204. The summed E-state index contributed by atoms with van der Waals surface area (Å²) in [4.78, 5) is 11.6. The summed E-state index contributed by atoms with van der Waals surface area (Å²) in [5.74, 6) is 0.735. The molecule has 0 aromatic rings. The van der Waals surface area contributed by atoms with Gasteiger partial charge >= 0.3 is 0 Å². The van der Waals surface area contributed by atoms with Gasteiger partial charge in [-0.25, -0.2) is 0 Å². The van der Waals surface area contributed by atoms with Crippen LogP contribution >= 0.6 is 0 Å². The molecule has 0 aromatic heterocycles. The Morgan fingerprint density at radius 3 is 2.58 bits per heavy atom. The molecule has 19 heavy (non-hydrogen) atoms. The molecule has 3 N–H and O–H groups in total. The van der Waals surface area contributed by atoms with Crippen LogP contribution in [0, 0.1) is 5.92 Å². The van der Waals surface area contributed by atoms with Crippen LogP contribution in [0.3, 0.4) is 0 Å². The lowest BCUT2D eigenvalue weighted by Gasteiger charge is -2.14. The molecular weight excluding hydrogens is 240 g/mol. The first-order valence-corrected chi connectivity index (χ1v) is 7.79. The van der Waals surface area contributed by atoms with Crippen molar-refractivity contribution in [3.8, 4) is 0 Å². The van der Waals surface area contributed by atoms with E-state index >= 15 is 0 Å². The molecule has 1 amide bonds. The number of nitrogens with two attached hydrogens (primary N) is 1. The molecule has 0 bridgehead atoms. The van der Waals surface area contributed by atoms with Crippen LogP contribution in [0.25, 0.3) is 0 Å². The number of nitrogens with one attached hydrogen (secondary N) is 1. The molecular formula is C15H32N2O2. The molecule has 4 heteroatoms. The van der Waals surface area contributed by atoms with Crippen LogP contribution in [0.4, 0.5) is 0 Å². The zero-order valence-electron chi connectivity index (χ0n) is 12.7. The summed E-state index contributed by atoms with van der Waals surface area (Å²) in [6.45, 7) is 7.07. The van der Waals surface area contributed by atoms with Crippen LogP contribution in [0.1, 0.15) is 58.8 Å². The van der Waals surface area contributed by atoms with Gasteiger partial charge in [0, 0.05) is 19.6 Å². The van der Waals surface area contributed by atoms with Gasteiger partial charge in [0.15, 0.2) is 0 Å². The Balaban J connectivity index is 3.50. The van der Waals surface area contributed by atoms with Gasteiger partial charge in [-0.1, -0.05) is 33.1 Å². The van der Waals surface area contributed by atoms with Crippen LogP contribution in [0.5, 0.6) is 0 Å². The lowest BCUT2D eigenvalue weighted by Crippen LogP contribution is -2.27. The summed E-state index contributed by atoms with van der Waals surface area (Å²) in [6, 6.07) is 0.